The Balaban J connectivity index is 0.000000502. The molecule has 0 N–H and O–H groups in total. The summed E-state index contributed by atoms with van der Waals surface area (Å²) in [5.41, 5.74) is -0.0792. The Labute approximate surface area is 158 Å². The summed E-state index contributed by atoms with van der Waals surface area (Å²) in [5.74, 6) is -1.91. The van der Waals surface area contributed by atoms with Crippen LogP contribution in [0.2, 0.25) is 0 Å². The van der Waals surface area contributed by atoms with Crippen LogP contribution in [-0.2, 0) is 20.9 Å². The molecule has 1 aromatic rings. The van der Waals surface area contributed by atoms with Crippen molar-refractivity contribution in [3.8, 4) is 0 Å². The maximum Gasteiger partial charge on any atom is 0.317 e. The number of carbonyl (C=O) groups excluding carboxylic acids is 2. The molecular weight excluding hydrogens is 330 g/mol. The van der Waals surface area contributed by atoms with Gasteiger partial charge in [0.05, 0.1) is 33.7 Å². The molecule has 0 amide bonds. The molecule has 0 spiro atoms. The van der Waals surface area contributed by atoms with E-state index in [9.17, 15) is 14.7 Å². The van der Waals surface area contributed by atoms with E-state index in [1.807, 2.05) is 13.8 Å². The normalized spacial score (nSPS) is 13.4. The van der Waals surface area contributed by atoms with Gasteiger partial charge >= 0.3 is 5.97 Å². The minimum absolute atomic E-state index is 0.104. The SMILES string of the molecule is CCOC(=O)C(CC)(CC(C)C)C(=O)[O-].C[N+](C)(C)Cc1ccccc1. The van der Waals surface area contributed by atoms with Gasteiger partial charge in [0.1, 0.15) is 12.0 Å². The lowest BCUT2D eigenvalue weighted by atomic mass is 9.78. The van der Waals surface area contributed by atoms with E-state index in [-0.39, 0.29) is 25.4 Å². The van der Waals surface area contributed by atoms with Crippen LogP contribution in [0.4, 0.5) is 0 Å². The Morgan fingerprint density at radius 1 is 1.12 bits per heavy atom. The van der Waals surface area contributed by atoms with Gasteiger partial charge in [-0.25, -0.2) is 0 Å². The summed E-state index contributed by atoms with van der Waals surface area (Å²) in [7, 11) is 6.60. The van der Waals surface area contributed by atoms with E-state index in [1.54, 1.807) is 13.8 Å². The highest BCUT2D eigenvalue weighted by molar-refractivity contribution is 5.98. The molecule has 0 bridgehead atoms. The van der Waals surface area contributed by atoms with Gasteiger partial charge < -0.3 is 19.1 Å². The van der Waals surface area contributed by atoms with Gasteiger partial charge in [-0.2, -0.15) is 0 Å². The van der Waals surface area contributed by atoms with Crippen molar-refractivity contribution in [2.24, 2.45) is 11.3 Å². The molecule has 1 unspecified atom stereocenters. The van der Waals surface area contributed by atoms with Crippen LogP contribution in [0.25, 0.3) is 0 Å². The van der Waals surface area contributed by atoms with E-state index in [2.05, 4.69) is 51.5 Å². The van der Waals surface area contributed by atoms with Gasteiger partial charge in [0.2, 0.25) is 0 Å². The molecule has 0 aliphatic rings. The highest BCUT2D eigenvalue weighted by Gasteiger charge is 2.40. The van der Waals surface area contributed by atoms with E-state index < -0.39 is 17.4 Å². The summed E-state index contributed by atoms with van der Waals surface area (Å²) in [4.78, 5) is 22.7. The van der Waals surface area contributed by atoms with Crippen molar-refractivity contribution in [1.82, 2.24) is 0 Å². The van der Waals surface area contributed by atoms with E-state index in [0.29, 0.717) is 0 Å². The molecule has 1 rings (SSSR count). The molecule has 0 aliphatic heterocycles. The highest BCUT2D eigenvalue weighted by atomic mass is 16.5. The minimum atomic E-state index is -1.48. The van der Waals surface area contributed by atoms with Crippen LogP contribution < -0.4 is 5.11 Å². The van der Waals surface area contributed by atoms with Crippen LogP contribution in [0, 0.1) is 11.3 Å². The number of nitrogens with zero attached hydrogens (tertiary/aromatic N) is 1. The zero-order valence-electron chi connectivity index (χ0n) is 17.4. The number of benzene rings is 1. The summed E-state index contributed by atoms with van der Waals surface area (Å²) >= 11 is 0. The third kappa shape index (κ3) is 8.48. The van der Waals surface area contributed by atoms with E-state index in [0.717, 1.165) is 11.0 Å². The van der Waals surface area contributed by atoms with Crippen molar-refractivity contribution in [2.45, 2.75) is 47.1 Å². The lowest BCUT2D eigenvalue weighted by Gasteiger charge is -2.32. The first kappa shape index (κ1) is 24.1. The van der Waals surface area contributed by atoms with Gasteiger partial charge in [0, 0.05) is 5.56 Å². The van der Waals surface area contributed by atoms with Gasteiger partial charge in [-0.15, -0.1) is 0 Å². The predicted octanol–water partition coefficient (Wildman–Crippen LogP) is 2.63. The number of rotatable bonds is 8. The second kappa shape index (κ2) is 11.0. The Morgan fingerprint density at radius 2 is 1.65 bits per heavy atom. The van der Waals surface area contributed by atoms with Crippen LogP contribution in [-0.4, -0.2) is 44.2 Å². The molecule has 148 valence electrons. The average molecular weight is 366 g/mol. The number of carbonyl (C=O) groups is 2. The van der Waals surface area contributed by atoms with Crippen LogP contribution >= 0.6 is 0 Å². The van der Waals surface area contributed by atoms with Gasteiger partial charge in [0.25, 0.3) is 0 Å². The van der Waals surface area contributed by atoms with Gasteiger partial charge in [-0.05, 0) is 25.7 Å². The van der Waals surface area contributed by atoms with Crippen LogP contribution in [0.1, 0.15) is 46.1 Å². The Hall–Kier alpha value is -1.88. The Bertz CT molecular complexity index is 549. The number of carboxylic acid groups (broad SMARTS) is 1. The number of carboxylic acids is 1. The molecule has 0 heterocycles. The summed E-state index contributed by atoms with van der Waals surface area (Å²) in [6.45, 7) is 8.34. The number of quaternary nitrogens is 1. The molecule has 0 aromatic heterocycles. The number of aliphatic carboxylic acids is 1. The molecule has 1 aromatic carbocycles. The lowest BCUT2D eigenvalue weighted by molar-refractivity contribution is -0.884. The molecule has 26 heavy (non-hydrogen) atoms. The van der Waals surface area contributed by atoms with Crippen molar-refractivity contribution in [3.05, 3.63) is 35.9 Å². The lowest BCUT2D eigenvalue weighted by Crippen LogP contribution is -2.49. The molecule has 0 radical (unpaired) electrons. The molecule has 0 saturated carbocycles. The fraction of sp³-hybridized carbons (Fsp3) is 0.619. The summed E-state index contributed by atoms with van der Waals surface area (Å²) in [6, 6.07) is 10.6. The fourth-order valence-electron chi connectivity index (χ4n) is 2.78. The number of hydrogen-bond acceptors (Lipinski definition) is 4. The maximum atomic E-state index is 11.6. The minimum Gasteiger partial charge on any atom is -0.549 e. The molecule has 0 saturated heterocycles. The molecule has 0 fully saturated rings. The second-order valence-electron chi connectivity index (χ2n) is 7.98. The summed E-state index contributed by atoms with van der Waals surface area (Å²) < 4.78 is 5.79. The standard InChI is InChI=1S/C11H20O4.C10H16N/c1-5-11(9(12)13,7-8(3)4)10(14)15-6-2;1-11(2,3)9-10-7-5-4-6-8-10/h8H,5-7H2,1-4H3,(H,12,13);4-8H,9H2,1-3H3/q;+1/p-1. The summed E-state index contributed by atoms with van der Waals surface area (Å²) in [5, 5.41) is 11.1. The number of hydrogen-bond donors (Lipinski definition) is 0. The maximum absolute atomic E-state index is 11.6. The van der Waals surface area contributed by atoms with Gasteiger partial charge in [-0.1, -0.05) is 51.1 Å². The monoisotopic (exact) mass is 365 g/mol. The smallest absolute Gasteiger partial charge is 0.317 e. The zero-order valence-corrected chi connectivity index (χ0v) is 17.4. The average Bonchev–Trinajstić information content (AvgIpc) is 2.52. The highest BCUT2D eigenvalue weighted by Crippen LogP contribution is 2.31. The summed E-state index contributed by atoms with van der Waals surface area (Å²) in [6.07, 6.45) is 0.455. The molecular formula is C21H35NO4. The second-order valence-corrected chi connectivity index (χ2v) is 7.98. The van der Waals surface area contributed by atoms with E-state index >= 15 is 0 Å². The van der Waals surface area contributed by atoms with Crippen molar-refractivity contribution in [2.75, 3.05) is 27.7 Å². The van der Waals surface area contributed by atoms with Gasteiger partial charge in [0.15, 0.2) is 0 Å². The third-order valence-corrected chi connectivity index (χ3v) is 3.92. The van der Waals surface area contributed by atoms with Crippen LogP contribution in [0.15, 0.2) is 30.3 Å². The third-order valence-electron chi connectivity index (χ3n) is 3.92. The van der Waals surface area contributed by atoms with Crippen molar-refractivity contribution in [1.29, 1.82) is 0 Å². The quantitative estimate of drug-likeness (QED) is 0.403. The first-order chi connectivity index (χ1) is 12.0. The first-order valence-electron chi connectivity index (χ1n) is 9.21. The van der Waals surface area contributed by atoms with Crippen LogP contribution in [0.3, 0.4) is 0 Å². The predicted molar refractivity (Wildman–Crippen MR) is 102 cm³/mol. The van der Waals surface area contributed by atoms with Crippen molar-refractivity contribution in [3.63, 3.8) is 0 Å². The van der Waals surface area contributed by atoms with E-state index in [4.69, 9.17) is 4.74 Å². The molecule has 5 nitrogen and oxygen atoms in total. The van der Waals surface area contributed by atoms with Crippen LogP contribution in [0.5, 0.6) is 0 Å². The molecule has 1 atom stereocenters. The Morgan fingerprint density at radius 3 is 2.00 bits per heavy atom. The van der Waals surface area contributed by atoms with Crippen molar-refractivity contribution < 1.29 is 23.9 Å². The molecule has 0 aliphatic carbocycles. The number of ether oxygens (including phenoxy) is 1. The van der Waals surface area contributed by atoms with Gasteiger partial charge in [-0.3, -0.25) is 4.79 Å². The topological polar surface area (TPSA) is 66.4 Å². The van der Waals surface area contributed by atoms with E-state index in [1.165, 1.54) is 5.56 Å². The first-order valence-corrected chi connectivity index (χ1v) is 9.21. The number of esters is 1. The van der Waals surface area contributed by atoms with Crippen molar-refractivity contribution >= 4 is 11.9 Å². The molecule has 5 heteroatoms. The Kier molecular flexibility index (Phi) is 10.2. The fourth-order valence-corrected chi connectivity index (χ4v) is 2.78. The largest absolute Gasteiger partial charge is 0.549 e. The zero-order chi connectivity index (χ0) is 20.4.